The van der Waals surface area contributed by atoms with Crippen LogP contribution < -0.4 is 15.8 Å². The largest absolute Gasteiger partial charge is 0.494 e. The molecule has 0 aliphatic carbocycles. The van der Waals surface area contributed by atoms with Crippen molar-refractivity contribution in [2.24, 2.45) is 0 Å². The zero-order chi connectivity index (χ0) is 14.4. The van der Waals surface area contributed by atoms with E-state index in [-0.39, 0.29) is 0 Å². The maximum absolute atomic E-state index is 8.84. The van der Waals surface area contributed by atoms with Crippen LogP contribution in [0, 0.1) is 11.3 Å². The number of rotatable bonds is 5. The van der Waals surface area contributed by atoms with Crippen LogP contribution in [0.5, 0.6) is 5.75 Å². The fourth-order valence-electron chi connectivity index (χ4n) is 1.76. The van der Waals surface area contributed by atoms with Crippen LogP contribution >= 0.6 is 0 Å². The number of nitrogens with one attached hydrogen (secondary N) is 1. The summed E-state index contributed by atoms with van der Waals surface area (Å²) >= 11 is 0. The molecule has 3 N–H and O–H groups in total. The first-order chi connectivity index (χ1) is 9.72. The molecule has 0 spiro atoms. The van der Waals surface area contributed by atoms with Gasteiger partial charge in [-0.1, -0.05) is 6.92 Å². The molecule has 0 unspecified atom stereocenters. The quantitative estimate of drug-likeness (QED) is 0.811. The summed E-state index contributed by atoms with van der Waals surface area (Å²) in [7, 11) is 0. The normalized spacial score (nSPS) is 9.80. The molecule has 0 amide bonds. The number of anilines is 3. The maximum atomic E-state index is 8.84. The van der Waals surface area contributed by atoms with Crippen molar-refractivity contribution < 1.29 is 4.74 Å². The summed E-state index contributed by atoms with van der Waals surface area (Å²) in [6.07, 6.45) is 0.991. The van der Waals surface area contributed by atoms with E-state index in [1.807, 2.05) is 36.4 Å². The molecular formula is C16H17N3O. The Kier molecular flexibility index (Phi) is 4.46. The van der Waals surface area contributed by atoms with Gasteiger partial charge in [0.05, 0.1) is 17.9 Å². The SMILES string of the molecule is CCCOc1ccc(Nc2ccc(C#N)c(N)c2)cc1. The van der Waals surface area contributed by atoms with Crippen LogP contribution in [0.3, 0.4) is 0 Å². The van der Waals surface area contributed by atoms with E-state index in [1.165, 1.54) is 0 Å². The van der Waals surface area contributed by atoms with Gasteiger partial charge in [-0.15, -0.1) is 0 Å². The van der Waals surface area contributed by atoms with Crippen molar-refractivity contribution in [3.8, 4) is 11.8 Å². The van der Waals surface area contributed by atoms with Gasteiger partial charge < -0.3 is 15.8 Å². The van der Waals surface area contributed by atoms with Gasteiger partial charge in [-0.3, -0.25) is 0 Å². The van der Waals surface area contributed by atoms with Gasteiger partial charge in [0, 0.05) is 11.4 Å². The van der Waals surface area contributed by atoms with Crippen molar-refractivity contribution in [1.29, 1.82) is 5.26 Å². The predicted octanol–water partition coefficient (Wildman–Crippen LogP) is 3.67. The molecule has 4 nitrogen and oxygen atoms in total. The third-order valence-corrected chi connectivity index (χ3v) is 2.79. The average molecular weight is 267 g/mol. The van der Waals surface area contributed by atoms with E-state index in [0.29, 0.717) is 11.3 Å². The van der Waals surface area contributed by atoms with E-state index >= 15 is 0 Å². The molecule has 0 radical (unpaired) electrons. The lowest BCUT2D eigenvalue weighted by molar-refractivity contribution is 0.317. The summed E-state index contributed by atoms with van der Waals surface area (Å²) in [5, 5.41) is 12.1. The van der Waals surface area contributed by atoms with Crippen LogP contribution in [-0.4, -0.2) is 6.61 Å². The van der Waals surface area contributed by atoms with Crippen molar-refractivity contribution >= 4 is 17.1 Å². The first-order valence-corrected chi connectivity index (χ1v) is 6.52. The standard InChI is InChI=1S/C16H17N3O/c1-2-9-20-15-7-5-13(6-8-15)19-14-4-3-12(11-17)16(18)10-14/h3-8,10,19H,2,9,18H2,1H3. The first-order valence-electron chi connectivity index (χ1n) is 6.52. The number of nitriles is 1. The minimum atomic E-state index is 0.473. The highest BCUT2D eigenvalue weighted by Crippen LogP contribution is 2.23. The third-order valence-electron chi connectivity index (χ3n) is 2.79. The van der Waals surface area contributed by atoms with E-state index in [1.54, 1.807) is 12.1 Å². The Morgan fingerprint density at radius 3 is 2.45 bits per heavy atom. The molecule has 2 aromatic carbocycles. The second kappa shape index (κ2) is 6.48. The lowest BCUT2D eigenvalue weighted by atomic mass is 10.1. The van der Waals surface area contributed by atoms with Crippen molar-refractivity contribution in [3.05, 3.63) is 48.0 Å². The Bertz CT molecular complexity index is 615. The fourth-order valence-corrected chi connectivity index (χ4v) is 1.76. The second-order valence-corrected chi connectivity index (χ2v) is 4.41. The van der Waals surface area contributed by atoms with Crippen LogP contribution in [0.15, 0.2) is 42.5 Å². The van der Waals surface area contributed by atoms with E-state index in [9.17, 15) is 0 Å². The molecule has 20 heavy (non-hydrogen) atoms. The topological polar surface area (TPSA) is 71.1 Å². The molecular weight excluding hydrogens is 250 g/mol. The van der Waals surface area contributed by atoms with Crippen LogP contribution in [0.1, 0.15) is 18.9 Å². The van der Waals surface area contributed by atoms with Gasteiger partial charge in [-0.2, -0.15) is 5.26 Å². The highest BCUT2D eigenvalue weighted by atomic mass is 16.5. The van der Waals surface area contributed by atoms with Crippen molar-refractivity contribution in [2.45, 2.75) is 13.3 Å². The Labute approximate surface area is 118 Å². The van der Waals surface area contributed by atoms with Crippen molar-refractivity contribution in [2.75, 3.05) is 17.7 Å². The summed E-state index contributed by atoms with van der Waals surface area (Å²) in [6.45, 7) is 2.80. The van der Waals surface area contributed by atoms with E-state index < -0.39 is 0 Å². The Morgan fingerprint density at radius 2 is 1.85 bits per heavy atom. The second-order valence-electron chi connectivity index (χ2n) is 4.41. The molecule has 4 heteroatoms. The molecule has 2 rings (SSSR count). The summed E-state index contributed by atoms with van der Waals surface area (Å²) in [5.74, 6) is 0.858. The summed E-state index contributed by atoms with van der Waals surface area (Å²) in [6, 6.07) is 15.1. The van der Waals surface area contributed by atoms with Gasteiger partial charge in [0.2, 0.25) is 0 Å². The van der Waals surface area contributed by atoms with Crippen LogP contribution in [-0.2, 0) is 0 Å². The zero-order valence-corrected chi connectivity index (χ0v) is 11.4. The van der Waals surface area contributed by atoms with Crippen molar-refractivity contribution in [3.63, 3.8) is 0 Å². The minimum Gasteiger partial charge on any atom is -0.494 e. The van der Waals surface area contributed by atoms with Crippen LogP contribution in [0.25, 0.3) is 0 Å². The maximum Gasteiger partial charge on any atom is 0.119 e. The Balaban J connectivity index is 2.06. The van der Waals surface area contributed by atoms with Crippen LogP contribution in [0.4, 0.5) is 17.1 Å². The number of hydrogen-bond acceptors (Lipinski definition) is 4. The highest BCUT2D eigenvalue weighted by Gasteiger charge is 2.01. The Morgan fingerprint density at radius 1 is 1.15 bits per heavy atom. The zero-order valence-electron chi connectivity index (χ0n) is 11.4. The highest BCUT2D eigenvalue weighted by molar-refractivity contribution is 5.67. The number of benzene rings is 2. The number of hydrogen-bond donors (Lipinski definition) is 2. The fraction of sp³-hybridized carbons (Fsp3) is 0.188. The number of ether oxygens (including phenoxy) is 1. The van der Waals surface area contributed by atoms with Gasteiger partial charge in [0.25, 0.3) is 0 Å². The lowest BCUT2D eigenvalue weighted by Gasteiger charge is -2.09. The average Bonchev–Trinajstić information content (AvgIpc) is 2.47. The summed E-state index contributed by atoms with van der Waals surface area (Å²) in [5.41, 5.74) is 8.53. The number of nitrogen functional groups attached to an aromatic ring is 1. The number of nitrogens with two attached hydrogens (primary N) is 1. The lowest BCUT2D eigenvalue weighted by Crippen LogP contribution is -1.96. The summed E-state index contributed by atoms with van der Waals surface area (Å²) < 4.78 is 5.53. The van der Waals surface area contributed by atoms with E-state index in [0.717, 1.165) is 30.2 Å². The van der Waals surface area contributed by atoms with Gasteiger partial charge >= 0.3 is 0 Å². The van der Waals surface area contributed by atoms with Gasteiger partial charge in [0.1, 0.15) is 11.8 Å². The molecule has 2 aromatic rings. The molecule has 0 fully saturated rings. The smallest absolute Gasteiger partial charge is 0.119 e. The minimum absolute atomic E-state index is 0.473. The molecule has 0 aliphatic rings. The van der Waals surface area contributed by atoms with E-state index in [2.05, 4.69) is 12.2 Å². The molecule has 0 atom stereocenters. The Hall–Kier alpha value is -2.67. The molecule has 0 bridgehead atoms. The molecule has 0 saturated carbocycles. The monoisotopic (exact) mass is 267 g/mol. The summed E-state index contributed by atoms with van der Waals surface area (Å²) in [4.78, 5) is 0. The first kappa shape index (κ1) is 13.8. The molecule has 0 heterocycles. The van der Waals surface area contributed by atoms with Crippen molar-refractivity contribution in [1.82, 2.24) is 0 Å². The molecule has 0 aliphatic heterocycles. The van der Waals surface area contributed by atoms with Gasteiger partial charge in [-0.05, 0) is 48.9 Å². The van der Waals surface area contributed by atoms with Crippen LogP contribution in [0.2, 0.25) is 0 Å². The van der Waals surface area contributed by atoms with E-state index in [4.69, 9.17) is 15.7 Å². The molecule has 0 saturated heterocycles. The molecule has 0 aromatic heterocycles. The predicted molar refractivity (Wildman–Crippen MR) is 81.1 cm³/mol. The molecule has 102 valence electrons. The third kappa shape index (κ3) is 3.42. The van der Waals surface area contributed by atoms with Gasteiger partial charge in [0.15, 0.2) is 0 Å². The van der Waals surface area contributed by atoms with Gasteiger partial charge in [-0.25, -0.2) is 0 Å². The number of nitrogens with zero attached hydrogens (tertiary/aromatic N) is 1.